The molecule has 3 amide bonds. The number of unbranched alkanes of at least 4 members (excludes halogenated alkanes) is 4. The summed E-state index contributed by atoms with van der Waals surface area (Å²) in [4.78, 5) is 69.2. The molecule has 0 aliphatic heterocycles. The minimum atomic E-state index is -1.21. The molecule has 16 heteroatoms. The Morgan fingerprint density at radius 3 is 1.82 bits per heavy atom. The van der Waals surface area contributed by atoms with Gasteiger partial charge in [0.1, 0.15) is 25.0 Å². The molecule has 1 rings (SSSR count). The summed E-state index contributed by atoms with van der Waals surface area (Å²) in [7, 11) is 0. The lowest BCUT2D eigenvalue weighted by atomic mass is 10.1. The Balaban J connectivity index is 1.99. The van der Waals surface area contributed by atoms with Crippen molar-refractivity contribution in [2.45, 2.75) is 64.3 Å². The molecule has 1 unspecified atom stereocenters. The van der Waals surface area contributed by atoms with E-state index in [1.807, 2.05) is 0 Å². The summed E-state index contributed by atoms with van der Waals surface area (Å²) in [5, 5.41) is 26.1. The van der Waals surface area contributed by atoms with E-state index in [2.05, 4.69) is 16.0 Å². The van der Waals surface area contributed by atoms with Crippen molar-refractivity contribution in [3.05, 3.63) is 29.8 Å². The average Bonchev–Trinajstić information content (AvgIpc) is 3.06. The van der Waals surface area contributed by atoms with Crippen LogP contribution in [0.25, 0.3) is 0 Å². The molecule has 0 fully saturated rings. The van der Waals surface area contributed by atoms with Gasteiger partial charge in [-0.1, -0.05) is 19.3 Å². The molecule has 16 nitrogen and oxygen atoms in total. The van der Waals surface area contributed by atoms with Gasteiger partial charge in [-0.15, -0.1) is 0 Å². The van der Waals surface area contributed by atoms with Crippen molar-refractivity contribution in [3.8, 4) is 5.75 Å². The van der Waals surface area contributed by atoms with E-state index >= 15 is 0 Å². The fourth-order valence-corrected chi connectivity index (χ4v) is 4.09. The number of hydrogen-bond donors (Lipinski definition) is 5. The smallest absolute Gasteiger partial charge is 0.335 e. The number of ether oxygens (including phenoxy) is 5. The number of carbonyl (C=O) groups is 6. The Morgan fingerprint density at radius 2 is 1.20 bits per heavy atom. The Bertz CT molecular complexity index is 1130. The zero-order chi connectivity index (χ0) is 36.1. The predicted octanol–water partition coefficient (Wildman–Crippen LogP) is 1.34. The van der Waals surface area contributed by atoms with Gasteiger partial charge in [0, 0.05) is 25.9 Å². The molecule has 0 radical (unpaired) electrons. The fourth-order valence-electron chi connectivity index (χ4n) is 4.09. The monoisotopic (exact) mass is 697 g/mol. The van der Waals surface area contributed by atoms with Crippen LogP contribution in [-0.4, -0.2) is 124 Å². The number of Topliss-reactive ketones (excluding diaryl/α,β-unsaturated/α-hetero) is 1. The van der Waals surface area contributed by atoms with Crippen LogP contribution in [0, 0.1) is 0 Å². The van der Waals surface area contributed by atoms with E-state index in [0.717, 1.165) is 25.7 Å². The number of aliphatic carboxylic acids is 1. The van der Waals surface area contributed by atoms with Gasteiger partial charge in [-0.2, -0.15) is 0 Å². The van der Waals surface area contributed by atoms with Crippen LogP contribution in [0.5, 0.6) is 5.75 Å². The van der Waals surface area contributed by atoms with Gasteiger partial charge >= 0.3 is 11.9 Å². The van der Waals surface area contributed by atoms with Crippen molar-refractivity contribution < 1.29 is 62.7 Å². The molecule has 0 saturated carbocycles. The van der Waals surface area contributed by atoms with Crippen LogP contribution in [0.2, 0.25) is 0 Å². The Labute approximate surface area is 286 Å². The Hall–Kier alpha value is -4.12. The van der Waals surface area contributed by atoms with Gasteiger partial charge in [-0.05, 0) is 50.5 Å². The molecule has 0 heterocycles. The van der Waals surface area contributed by atoms with E-state index in [4.69, 9.17) is 28.8 Å². The fraction of sp³-hybridized carbons (Fsp3) is 0.636. The van der Waals surface area contributed by atoms with Crippen LogP contribution >= 0.6 is 0 Å². The summed E-state index contributed by atoms with van der Waals surface area (Å²) < 4.78 is 26.5. The van der Waals surface area contributed by atoms with Crippen LogP contribution in [0.4, 0.5) is 0 Å². The third kappa shape index (κ3) is 24.6. The molecule has 276 valence electrons. The highest BCUT2D eigenvalue weighted by atomic mass is 16.5. The van der Waals surface area contributed by atoms with Crippen LogP contribution in [0.1, 0.15) is 68.6 Å². The number of ketones is 1. The molecular weight excluding hydrogens is 646 g/mol. The van der Waals surface area contributed by atoms with Gasteiger partial charge in [0.05, 0.1) is 51.8 Å². The average molecular weight is 698 g/mol. The molecule has 0 aliphatic rings. The Kier molecular flexibility index (Phi) is 24.3. The van der Waals surface area contributed by atoms with Crippen LogP contribution in [0.3, 0.4) is 0 Å². The van der Waals surface area contributed by atoms with Crippen molar-refractivity contribution in [1.82, 2.24) is 16.0 Å². The normalized spacial score (nSPS) is 11.4. The quantitative estimate of drug-likeness (QED) is 0.0692. The molecule has 0 aromatic heterocycles. The number of carbonyl (C=O) groups excluding carboxylic acids is 4. The van der Waals surface area contributed by atoms with Crippen LogP contribution in [-0.2, 0) is 42.9 Å². The van der Waals surface area contributed by atoms with Gasteiger partial charge in [0.2, 0.25) is 17.7 Å². The number of hydrogen-bond acceptors (Lipinski definition) is 11. The number of carboxylic acids is 2. The second kappa shape index (κ2) is 27.8. The van der Waals surface area contributed by atoms with Crippen molar-refractivity contribution in [2.24, 2.45) is 0 Å². The molecule has 1 aromatic rings. The summed E-state index contributed by atoms with van der Waals surface area (Å²) in [5.74, 6) is -2.72. The van der Waals surface area contributed by atoms with Gasteiger partial charge in [0.15, 0.2) is 5.78 Å². The molecule has 0 aliphatic carbocycles. The first-order valence-electron chi connectivity index (χ1n) is 16.4. The Morgan fingerprint density at radius 1 is 0.633 bits per heavy atom. The SMILES string of the molecule is CC(=O)COCCOCCNC(=O)COCCOCCNC(=O)CCC(NC(=O)CCCCCCCOc1ccc(C(=O)O)cc1)C(=O)O. The maximum atomic E-state index is 12.2. The summed E-state index contributed by atoms with van der Waals surface area (Å²) >= 11 is 0. The van der Waals surface area contributed by atoms with Crippen molar-refractivity contribution in [3.63, 3.8) is 0 Å². The van der Waals surface area contributed by atoms with Crippen LogP contribution < -0.4 is 20.7 Å². The zero-order valence-corrected chi connectivity index (χ0v) is 28.2. The molecule has 0 bridgehead atoms. The van der Waals surface area contributed by atoms with Gasteiger partial charge in [-0.3, -0.25) is 19.2 Å². The van der Waals surface area contributed by atoms with Crippen molar-refractivity contribution in [2.75, 3.05) is 72.6 Å². The third-order valence-corrected chi connectivity index (χ3v) is 6.63. The van der Waals surface area contributed by atoms with E-state index in [-0.39, 0.29) is 87.9 Å². The third-order valence-electron chi connectivity index (χ3n) is 6.63. The largest absolute Gasteiger partial charge is 0.494 e. The van der Waals surface area contributed by atoms with E-state index in [0.29, 0.717) is 45.1 Å². The lowest BCUT2D eigenvalue weighted by Crippen LogP contribution is -2.41. The van der Waals surface area contributed by atoms with Gasteiger partial charge < -0.3 is 49.8 Å². The maximum Gasteiger partial charge on any atom is 0.335 e. The van der Waals surface area contributed by atoms with Crippen molar-refractivity contribution >= 4 is 35.4 Å². The molecular formula is C33H51N3O13. The van der Waals surface area contributed by atoms with Crippen molar-refractivity contribution in [1.29, 1.82) is 0 Å². The lowest BCUT2D eigenvalue weighted by Gasteiger charge is -2.14. The number of rotatable bonds is 31. The van der Waals surface area contributed by atoms with Crippen LogP contribution in [0.15, 0.2) is 24.3 Å². The summed E-state index contributed by atoms with van der Waals surface area (Å²) in [6.45, 7) is 3.84. The zero-order valence-electron chi connectivity index (χ0n) is 28.2. The topological polar surface area (TPSA) is 225 Å². The second-order valence-electron chi connectivity index (χ2n) is 10.9. The molecule has 1 aromatic carbocycles. The first kappa shape index (κ1) is 42.9. The minimum Gasteiger partial charge on any atom is -0.494 e. The van der Waals surface area contributed by atoms with E-state index in [9.17, 15) is 33.9 Å². The molecule has 0 spiro atoms. The number of aromatic carboxylic acids is 1. The highest BCUT2D eigenvalue weighted by Gasteiger charge is 2.20. The number of amides is 3. The number of carboxylic acid groups (broad SMARTS) is 2. The molecule has 5 N–H and O–H groups in total. The van der Waals surface area contributed by atoms with E-state index in [1.165, 1.54) is 19.1 Å². The standard InChI is InChI=1S/C33H51N3O13/c1-25(37)23-47-21-19-46-18-15-35-31(40)24-48-22-20-45-17-14-34-29(38)13-12-28(33(43)44)36-30(39)7-5-3-2-4-6-16-49-27-10-8-26(9-11-27)32(41)42/h8-11,28H,2-7,12-24H2,1H3,(H,34,38)(H,35,40)(H,36,39)(H,41,42)(H,43,44). The highest BCUT2D eigenvalue weighted by Crippen LogP contribution is 2.13. The highest BCUT2D eigenvalue weighted by molar-refractivity contribution is 5.87. The summed E-state index contributed by atoms with van der Waals surface area (Å²) in [6.07, 6.45) is 4.02. The lowest BCUT2D eigenvalue weighted by molar-refractivity contribution is -0.142. The molecule has 0 saturated heterocycles. The van der Waals surface area contributed by atoms with E-state index < -0.39 is 18.0 Å². The van der Waals surface area contributed by atoms with E-state index in [1.54, 1.807) is 12.1 Å². The van der Waals surface area contributed by atoms with Gasteiger partial charge in [-0.25, -0.2) is 9.59 Å². The second-order valence-corrected chi connectivity index (χ2v) is 10.9. The molecule has 49 heavy (non-hydrogen) atoms. The predicted molar refractivity (Wildman–Crippen MR) is 175 cm³/mol. The summed E-state index contributed by atoms with van der Waals surface area (Å²) in [6, 6.07) is 5.03. The summed E-state index contributed by atoms with van der Waals surface area (Å²) in [5.41, 5.74) is 0.196. The first-order chi connectivity index (χ1) is 23.6. The van der Waals surface area contributed by atoms with Gasteiger partial charge in [0.25, 0.3) is 0 Å². The first-order valence-corrected chi connectivity index (χ1v) is 16.4. The maximum absolute atomic E-state index is 12.2. The number of nitrogens with one attached hydrogen (secondary N) is 3. The molecule has 1 atom stereocenters. The number of benzene rings is 1. The minimum absolute atomic E-state index is 0.0506.